The van der Waals surface area contributed by atoms with Gasteiger partial charge in [0.05, 0.1) is 22.4 Å². The fourth-order valence-corrected chi connectivity index (χ4v) is 4.23. The van der Waals surface area contributed by atoms with Crippen molar-refractivity contribution in [2.75, 3.05) is 18.0 Å². The molecule has 1 fully saturated rings. The van der Waals surface area contributed by atoms with E-state index in [1.54, 1.807) is 42.1 Å². The molecule has 26 heavy (non-hydrogen) atoms. The second kappa shape index (κ2) is 6.97. The number of rotatable bonds is 3. The minimum atomic E-state index is -0.678. The van der Waals surface area contributed by atoms with Gasteiger partial charge in [-0.05, 0) is 36.4 Å². The first-order chi connectivity index (χ1) is 12.6. The van der Waals surface area contributed by atoms with Crippen molar-refractivity contribution < 1.29 is 9.90 Å². The van der Waals surface area contributed by atoms with Crippen molar-refractivity contribution >= 4 is 33.3 Å². The van der Waals surface area contributed by atoms with Crippen LogP contribution in [0.5, 0.6) is 0 Å². The number of nitrogens with one attached hydrogen (secondary N) is 1. The summed E-state index contributed by atoms with van der Waals surface area (Å²) < 4.78 is 1.04. The Hall–Kier alpha value is -2.58. The topological polar surface area (TPSA) is 91.2 Å². The van der Waals surface area contributed by atoms with Crippen molar-refractivity contribution in [3.8, 4) is 0 Å². The Morgan fingerprint density at radius 3 is 3.00 bits per heavy atom. The number of carbonyl (C=O) groups is 1. The zero-order valence-electron chi connectivity index (χ0n) is 14.3. The SMILES string of the molecule is Cc1csc2c(N3CCC(NC(=O)c4ccccn4)C(O)C3)ncnc12. The van der Waals surface area contributed by atoms with Crippen LogP contribution in [0, 0.1) is 6.92 Å². The average molecular weight is 369 g/mol. The van der Waals surface area contributed by atoms with Gasteiger partial charge in [-0.1, -0.05) is 6.07 Å². The highest BCUT2D eigenvalue weighted by molar-refractivity contribution is 7.18. The normalized spacial score (nSPS) is 20.3. The highest BCUT2D eigenvalue weighted by atomic mass is 32.1. The number of aryl methyl sites for hydroxylation is 1. The molecule has 1 saturated heterocycles. The summed E-state index contributed by atoms with van der Waals surface area (Å²) in [7, 11) is 0. The fourth-order valence-electron chi connectivity index (χ4n) is 3.21. The number of aromatic nitrogens is 3. The quantitative estimate of drug-likeness (QED) is 0.731. The van der Waals surface area contributed by atoms with Gasteiger partial charge in [0.2, 0.25) is 0 Å². The third-order valence-electron chi connectivity index (χ3n) is 4.61. The Morgan fingerprint density at radius 1 is 1.35 bits per heavy atom. The average Bonchev–Trinajstić information content (AvgIpc) is 3.05. The number of anilines is 1. The lowest BCUT2D eigenvalue weighted by atomic mass is 10.0. The number of nitrogens with zero attached hydrogens (tertiary/aromatic N) is 4. The van der Waals surface area contributed by atoms with Crippen molar-refractivity contribution in [1.29, 1.82) is 0 Å². The van der Waals surface area contributed by atoms with Gasteiger partial charge in [-0.25, -0.2) is 9.97 Å². The molecule has 0 aliphatic carbocycles. The molecule has 1 amide bonds. The molecule has 0 bridgehead atoms. The first-order valence-corrected chi connectivity index (χ1v) is 9.35. The van der Waals surface area contributed by atoms with E-state index in [-0.39, 0.29) is 11.9 Å². The molecule has 4 rings (SSSR count). The van der Waals surface area contributed by atoms with Gasteiger partial charge >= 0.3 is 0 Å². The molecule has 2 atom stereocenters. The van der Waals surface area contributed by atoms with Crippen LogP contribution in [0.15, 0.2) is 36.1 Å². The maximum atomic E-state index is 12.3. The van der Waals surface area contributed by atoms with Crippen molar-refractivity contribution in [3.05, 3.63) is 47.4 Å². The van der Waals surface area contributed by atoms with E-state index in [1.807, 2.05) is 6.92 Å². The molecule has 1 aliphatic rings. The van der Waals surface area contributed by atoms with Crippen LogP contribution >= 0.6 is 11.3 Å². The van der Waals surface area contributed by atoms with E-state index in [9.17, 15) is 9.90 Å². The van der Waals surface area contributed by atoms with E-state index < -0.39 is 6.10 Å². The summed E-state index contributed by atoms with van der Waals surface area (Å²) in [5, 5.41) is 15.5. The number of aliphatic hydroxyl groups excluding tert-OH is 1. The molecule has 8 heteroatoms. The molecule has 0 spiro atoms. The number of piperidine rings is 1. The summed E-state index contributed by atoms with van der Waals surface area (Å²) in [5.74, 6) is 0.586. The third-order valence-corrected chi connectivity index (χ3v) is 5.69. The number of carbonyl (C=O) groups excluding carboxylic acids is 1. The Kier molecular flexibility index (Phi) is 4.52. The number of β-amino-alcohol motifs (C(OH)–C–C–N with tert-alkyl or cyclic N) is 1. The molecule has 134 valence electrons. The van der Waals surface area contributed by atoms with Crippen LogP contribution in [0.2, 0.25) is 0 Å². The van der Waals surface area contributed by atoms with Gasteiger partial charge in [-0.2, -0.15) is 0 Å². The van der Waals surface area contributed by atoms with E-state index in [4.69, 9.17) is 0 Å². The number of thiophene rings is 1. The van der Waals surface area contributed by atoms with Gasteiger partial charge < -0.3 is 15.3 Å². The van der Waals surface area contributed by atoms with Crippen LogP contribution in [0.4, 0.5) is 5.82 Å². The van der Waals surface area contributed by atoms with Crippen LogP contribution in [-0.2, 0) is 0 Å². The van der Waals surface area contributed by atoms with Gasteiger partial charge in [0, 0.05) is 19.3 Å². The number of aliphatic hydroxyl groups is 1. The summed E-state index contributed by atoms with van der Waals surface area (Å²) in [6.45, 7) is 3.15. The molecular formula is C18H19N5O2S. The van der Waals surface area contributed by atoms with E-state index in [0.29, 0.717) is 25.2 Å². The monoisotopic (exact) mass is 369 g/mol. The zero-order valence-corrected chi connectivity index (χ0v) is 15.1. The minimum absolute atomic E-state index is 0.263. The van der Waals surface area contributed by atoms with Crippen LogP contribution in [0.3, 0.4) is 0 Å². The highest BCUT2D eigenvalue weighted by Gasteiger charge is 2.31. The molecular weight excluding hydrogens is 350 g/mol. The number of pyridine rings is 1. The summed E-state index contributed by atoms with van der Waals surface area (Å²) in [6, 6.07) is 4.89. The van der Waals surface area contributed by atoms with Crippen molar-refractivity contribution in [2.45, 2.75) is 25.5 Å². The summed E-state index contributed by atoms with van der Waals surface area (Å²) >= 11 is 1.62. The van der Waals surface area contributed by atoms with Gasteiger partial charge in [-0.3, -0.25) is 9.78 Å². The summed E-state index contributed by atoms with van der Waals surface area (Å²) in [5.41, 5.74) is 2.44. The smallest absolute Gasteiger partial charge is 0.270 e. The predicted octanol–water partition coefficient (Wildman–Crippen LogP) is 1.76. The molecule has 7 nitrogen and oxygen atoms in total. The largest absolute Gasteiger partial charge is 0.389 e. The van der Waals surface area contributed by atoms with E-state index in [0.717, 1.165) is 21.6 Å². The lowest BCUT2D eigenvalue weighted by molar-refractivity contribution is 0.0793. The molecule has 0 aromatic carbocycles. The molecule has 2 N–H and O–H groups in total. The zero-order chi connectivity index (χ0) is 18.1. The van der Waals surface area contributed by atoms with E-state index in [1.165, 1.54) is 0 Å². The Balaban J connectivity index is 1.47. The molecule has 3 aromatic heterocycles. The number of hydrogen-bond donors (Lipinski definition) is 2. The maximum Gasteiger partial charge on any atom is 0.270 e. The van der Waals surface area contributed by atoms with Crippen LogP contribution in [0.25, 0.3) is 10.2 Å². The molecule has 0 saturated carbocycles. The number of hydrogen-bond acceptors (Lipinski definition) is 7. The Labute approximate surface area is 154 Å². The fraction of sp³-hybridized carbons (Fsp3) is 0.333. The van der Waals surface area contributed by atoms with E-state index >= 15 is 0 Å². The standard InChI is InChI=1S/C18H19N5O2S/c1-11-9-26-16-15(11)20-10-21-17(16)23-7-5-12(14(24)8-23)22-18(25)13-4-2-3-6-19-13/h2-4,6,9-10,12,14,24H,5,7-8H2,1H3,(H,22,25). The predicted molar refractivity (Wildman–Crippen MR) is 100 cm³/mol. The van der Waals surface area contributed by atoms with E-state index in [2.05, 4.69) is 30.5 Å². The van der Waals surface area contributed by atoms with Crippen molar-refractivity contribution in [2.24, 2.45) is 0 Å². The lowest BCUT2D eigenvalue weighted by Gasteiger charge is -2.36. The number of amides is 1. The minimum Gasteiger partial charge on any atom is -0.389 e. The van der Waals surface area contributed by atoms with Crippen LogP contribution in [0.1, 0.15) is 22.5 Å². The second-order valence-corrected chi connectivity index (χ2v) is 7.27. The highest BCUT2D eigenvalue weighted by Crippen LogP contribution is 2.32. The number of fused-ring (bicyclic) bond motifs is 1. The molecule has 2 unspecified atom stereocenters. The van der Waals surface area contributed by atoms with Crippen LogP contribution < -0.4 is 10.2 Å². The van der Waals surface area contributed by atoms with Crippen molar-refractivity contribution in [3.63, 3.8) is 0 Å². The molecule has 1 aliphatic heterocycles. The molecule has 0 radical (unpaired) electrons. The Bertz CT molecular complexity index is 930. The Morgan fingerprint density at radius 2 is 2.23 bits per heavy atom. The molecule has 4 heterocycles. The third kappa shape index (κ3) is 3.13. The van der Waals surface area contributed by atoms with Gasteiger partial charge in [0.15, 0.2) is 0 Å². The van der Waals surface area contributed by atoms with Crippen LogP contribution in [-0.4, -0.2) is 51.2 Å². The van der Waals surface area contributed by atoms with Gasteiger partial charge in [-0.15, -0.1) is 11.3 Å². The van der Waals surface area contributed by atoms with Gasteiger partial charge in [0.25, 0.3) is 5.91 Å². The summed E-state index contributed by atoms with van der Waals surface area (Å²) in [6.07, 6.45) is 3.11. The maximum absolute atomic E-state index is 12.3. The van der Waals surface area contributed by atoms with Gasteiger partial charge in [0.1, 0.15) is 17.8 Å². The second-order valence-electron chi connectivity index (χ2n) is 6.39. The first-order valence-electron chi connectivity index (χ1n) is 8.47. The molecule has 3 aromatic rings. The lowest BCUT2D eigenvalue weighted by Crippen LogP contribution is -2.54. The van der Waals surface area contributed by atoms with Crippen molar-refractivity contribution in [1.82, 2.24) is 20.3 Å². The first kappa shape index (κ1) is 16.9. The summed E-state index contributed by atoms with van der Waals surface area (Å²) in [4.78, 5) is 27.2.